The van der Waals surface area contributed by atoms with Gasteiger partial charge < -0.3 is 5.32 Å². The number of nitrogens with zero attached hydrogens (tertiary/aromatic N) is 2. The number of aryl methyl sites for hydroxylation is 1. The van der Waals surface area contributed by atoms with Gasteiger partial charge in [0.25, 0.3) is 0 Å². The molecule has 0 unspecified atom stereocenters. The first-order valence-corrected chi connectivity index (χ1v) is 10.5. The van der Waals surface area contributed by atoms with E-state index in [1.807, 2.05) is 53.9 Å². The molecule has 0 fully saturated rings. The Morgan fingerprint density at radius 2 is 1.79 bits per heavy atom. The molecule has 0 aliphatic heterocycles. The zero-order valence-corrected chi connectivity index (χ0v) is 17.4. The highest BCUT2D eigenvalue weighted by Crippen LogP contribution is 2.30. The van der Waals surface area contributed by atoms with Crippen molar-refractivity contribution in [3.8, 4) is 11.3 Å². The van der Waals surface area contributed by atoms with Crippen LogP contribution in [0.5, 0.6) is 0 Å². The molecule has 148 valence electrons. The zero-order valence-electron chi connectivity index (χ0n) is 16.7. The summed E-state index contributed by atoms with van der Waals surface area (Å²) < 4.78 is 1.94. The van der Waals surface area contributed by atoms with E-state index in [-0.39, 0.29) is 5.91 Å². The summed E-state index contributed by atoms with van der Waals surface area (Å²) in [7, 11) is 0. The number of benzene rings is 1. The molecule has 0 bridgehead atoms. The van der Waals surface area contributed by atoms with E-state index in [1.54, 1.807) is 0 Å². The third-order valence-electron chi connectivity index (χ3n) is 4.91. The van der Waals surface area contributed by atoms with Crippen molar-refractivity contribution < 1.29 is 4.79 Å². The number of carbonyl (C=O) groups excluding carboxylic acids is 1. The summed E-state index contributed by atoms with van der Waals surface area (Å²) >= 11 is 6.03. The Balaban J connectivity index is 1.77. The Kier molecular flexibility index (Phi) is 7.10. The van der Waals surface area contributed by atoms with Crippen LogP contribution < -0.4 is 5.32 Å². The highest BCUT2D eigenvalue weighted by Gasteiger charge is 2.16. The van der Waals surface area contributed by atoms with E-state index < -0.39 is 0 Å². The molecule has 1 amide bonds. The molecule has 0 saturated heterocycles. The lowest BCUT2D eigenvalue weighted by molar-refractivity contribution is -0.116. The maximum Gasteiger partial charge on any atom is 0.225 e. The second-order valence-electron chi connectivity index (χ2n) is 7.31. The zero-order chi connectivity index (χ0) is 19.9. The lowest BCUT2D eigenvalue weighted by atomic mass is 10.1. The molecule has 0 aliphatic carbocycles. The number of amides is 1. The van der Waals surface area contributed by atoms with Crippen molar-refractivity contribution in [2.24, 2.45) is 0 Å². The fourth-order valence-corrected chi connectivity index (χ4v) is 3.46. The van der Waals surface area contributed by atoms with E-state index in [9.17, 15) is 4.79 Å². The predicted octanol–water partition coefficient (Wildman–Crippen LogP) is 6.65. The van der Waals surface area contributed by atoms with Crippen LogP contribution in [0.4, 0.5) is 5.82 Å². The van der Waals surface area contributed by atoms with Crippen molar-refractivity contribution >= 4 is 29.0 Å². The number of hydrogen-bond donors (Lipinski definition) is 1. The molecule has 1 aromatic carbocycles. The number of halogens is 1. The van der Waals surface area contributed by atoms with E-state index in [1.165, 1.54) is 25.7 Å². The van der Waals surface area contributed by atoms with Crippen LogP contribution in [0.15, 0.2) is 42.6 Å². The third-order valence-corrected chi connectivity index (χ3v) is 5.17. The van der Waals surface area contributed by atoms with Gasteiger partial charge in [-0.3, -0.25) is 9.20 Å². The monoisotopic (exact) mass is 397 g/mol. The molecule has 4 nitrogen and oxygen atoms in total. The molecule has 2 aromatic heterocycles. The average Bonchev–Trinajstić information content (AvgIpc) is 3.02. The molecule has 2 heterocycles. The number of imidazole rings is 1. The van der Waals surface area contributed by atoms with Crippen molar-refractivity contribution in [2.45, 2.75) is 58.8 Å². The van der Waals surface area contributed by atoms with Gasteiger partial charge in [0.05, 0.1) is 0 Å². The lowest BCUT2D eigenvalue weighted by Crippen LogP contribution is -2.13. The van der Waals surface area contributed by atoms with E-state index in [4.69, 9.17) is 16.6 Å². The van der Waals surface area contributed by atoms with Crippen molar-refractivity contribution in [1.82, 2.24) is 9.38 Å². The predicted molar refractivity (Wildman–Crippen MR) is 117 cm³/mol. The number of anilines is 1. The standard InChI is InChI=1S/C23H28ClN3O/c1-3-4-5-6-7-8-9-21(28)26-23-22(18-10-12-19(24)13-11-18)25-20-16-17(2)14-15-27(20)23/h10-16H,3-9H2,1-2H3,(H,26,28). The molecule has 1 N–H and O–H groups in total. The molecule has 5 heteroatoms. The first-order chi connectivity index (χ1) is 13.6. The highest BCUT2D eigenvalue weighted by atomic mass is 35.5. The average molecular weight is 398 g/mol. The van der Waals surface area contributed by atoms with Gasteiger partial charge in [0.1, 0.15) is 17.2 Å². The van der Waals surface area contributed by atoms with Crippen molar-refractivity contribution in [3.05, 3.63) is 53.2 Å². The van der Waals surface area contributed by atoms with E-state index in [0.717, 1.165) is 35.3 Å². The molecule has 0 atom stereocenters. The van der Waals surface area contributed by atoms with Gasteiger partial charge in [-0.2, -0.15) is 0 Å². The maximum atomic E-state index is 12.6. The highest BCUT2D eigenvalue weighted by molar-refractivity contribution is 6.30. The summed E-state index contributed by atoms with van der Waals surface area (Å²) in [6.45, 7) is 4.25. The van der Waals surface area contributed by atoms with Crippen molar-refractivity contribution in [3.63, 3.8) is 0 Å². The minimum Gasteiger partial charge on any atom is -0.310 e. The quantitative estimate of drug-likeness (QED) is 0.410. The van der Waals surface area contributed by atoms with Gasteiger partial charge in [-0.15, -0.1) is 0 Å². The largest absolute Gasteiger partial charge is 0.310 e. The summed E-state index contributed by atoms with van der Waals surface area (Å²) in [6.07, 6.45) is 9.48. The summed E-state index contributed by atoms with van der Waals surface area (Å²) in [5.41, 5.74) is 3.64. The molecule has 3 rings (SSSR count). The normalized spacial score (nSPS) is 11.1. The molecular weight excluding hydrogens is 370 g/mol. The Hall–Kier alpha value is -2.33. The van der Waals surface area contributed by atoms with Crippen molar-refractivity contribution in [1.29, 1.82) is 0 Å². The van der Waals surface area contributed by atoms with Gasteiger partial charge in [-0.25, -0.2) is 4.98 Å². The van der Waals surface area contributed by atoms with Crippen molar-refractivity contribution in [2.75, 3.05) is 5.32 Å². The molecule has 0 radical (unpaired) electrons. The fourth-order valence-electron chi connectivity index (χ4n) is 3.34. The van der Waals surface area contributed by atoms with Gasteiger partial charge in [0, 0.05) is 23.2 Å². The van der Waals surface area contributed by atoms with Crippen LogP contribution in [-0.2, 0) is 4.79 Å². The first-order valence-electron chi connectivity index (χ1n) is 10.1. The van der Waals surface area contributed by atoms with Gasteiger partial charge >= 0.3 is 0 Å². The molecule has 0 aliphatic rings. The number of unbranched alkanes of at least 4 members (excludes halogenated alkanes) is 5. The van der Waals surface area contributed by atoms with Crippen LogP contribution in [0.3, 0.4) is 0 Å². The van der Waals surface area contributed by atoms with Crippen LogP contribution in [0, 0.1) is 6.92 Å². The van der Waals surface area contributed by atoms with Crippen LogP contribution in [-0.4, -0.2) is 15.3 Å². The lowest BCUT2D eigenvalue weighted by Gasteiger charge is -2.08. The Labute approximate surface area is 171 Å². The molecule has 0 saturated carbocycles. The number of rotatable bonds is 9. The second kappa shape index (κ2) is 9.74. The maximum absolute atomic E-state index is 12.6. The fraction of sp³-hybridized carbons (Fsp3) is 0.391. The Bertz CT molecular complexity index is 931. The summed E-state index contributed by atoms with van der Waals surface area (Å²) in [6, 6.07) is 11.6. The van der Waals surface area contributed by atoms with Crippen LogP contribution in [0.2, 0.25) is 5.02 Å². The van der Waals surface area contributed by atoms with Gasteiger partial charge in [-0.05, 0) is 43.2 Å². The second-order valence-corrected chi connectivity index (χ2v) is 7.75. The van der Waals surface area contributed by atoms with Gasteiger partial charge in [-0.1, -0.05) is 62.8 Å². The summed E-state index contributed by atoms with van der Waals surface area (Å²) in [5.74, 6) is 0.751. The van der Waals surface area contributed by atoms with Gasteiger partial charge in [0.15, 0.2) is 0 Å². The van der Waals surface area contributed by atoms with Crippen LogP contribution in [0.1, 0.15) is 57.4 Å². The van der Waals surface area contributed by atoms with Crippen LogP contribution >= 0.6 is 11.6 Å². The van der Waals surface area contributed by atoms with E-state index in [2.05, 4.69) is 12.2 Å². The minimum atomic E-state index is 0.0353. The molecule has 28 heavy (non-hydrogen) atoms. The number of pyridine rings is 1. The summed E-state index contributed by atoms with van der Waals surface area (Å²) in [5, 5.41) is 3.77. The minimum absolute atomic E-state index is 0.0353. The number of fused-ring (bicyclic) bond motifs is 1. The molecule has 3 aromatic rings. The topological polar surface area (TPSA) is 46.4 Å². The number of carbonyl (C=O) groups is 1. The number of aromatic nitrogens is 2. The van der Waals surface area contributed by atoms with Crippen LogP contribution in [0.25, 0.3) is 16.9 Å². The number of hydrogen-bond acceptors (Lipinski definition) is 2. The SMILES string of the molecule is CCCCCCCCC(=O)Nc1c(-c2ccc(Cl)cc2)nc2cc(C)ccn12. The smallest absolute Gasteiger partial charge is 0.225 e. The Morgan fingerprint density at radius 1 is 1.07 bits per heavy atom. The Morgan fingerprint density at radius 3 is 2.54 bits per heavy atom. The summed E-state index contributed by atoms with van der Waals surface area (Å²) in [4.78, 5) is 17.3. The number of nitrogens with one attached hydrogen (secondary N) is 1. The molecular formula is C23H28ClN3O. The van der Waals surface area contributed by atoms with E-state index in [0.29, 0.717) is 17.3 Å². The van der Waals surface area contributed by atoms with Gasteiger partial charge in [0.2, 0.25) is 5.91 Å². The first kappa shape index (κ1) is 20.4. The molecule has 0 spiro atoms. The third kappa shape index (κ3) is 5.14. The van der Waals surface area contributed by atoms with E-state index >= 15 is 0 Å².